The first-order valence-corrected chi connectivity index (χ1v) is 11.6. The van der Waals surface area contributed by atoms with Gasteiger partial charge in [-0.15, -0.1) is 0 Å². The van der Waals surface area contributed by atoms with Gasteiger partial charge in [0.25, 0.3) is 5.91 Å². The summed E-state index contributed by atoms with van der Waals surface area (Å²) in [6, 6.07) is 0.818. The number of ketones is 1. The minimum absolute atomic E-state index is 0.0489. The summed E-state index contributed by atoms with van der Waals surface area (Å²) in [6.45, 7) is -2.64. The van der Waals surface area contributed by atoms with Crippen LogP contribution in [0, 0.1) is 11.7 Å². The fourth-order valence-electron chi connectivity index (χ4n) is 4.03. The molecule has 0 aliphatic carbocycles. The van der Waals surface area contributed by atoms with Crippen molar-refractivity contribution in [2.45, 2.75) is 37.0 Å². The molecular formula is C25H15F14NO3. The lowest BCUT2D eigenvalue weighted by Gasteiger charge is -2.20. The normalized spacial score (nSPS) is 17.9. The second-order valence-corrected chi connectivity index (χ2v) is 9.14. The molecule has 1 amide bonds. The summed E-state index contributed by atoms with van der Waals surface area (Å²) in [5.74, 6) is -11.5. The quantitative estimate of drug-likeness (QED) is 0.227. The zero-order valence-corrected chi connectivity index (χ0v) is 20.8. The van der Waals surface area contributed by atoms with E-state index in [9.17, 15) is 71.1 Å². The minimum Gasteiger partial charge on any atom is -0.294 e. The van der Waals surface area contributed by atoms with Gasteiger partial charge in [-0.25, -0.2) is 13.8 Å². The molecular weight excluding hydrogens is 628 g/mol. The van der Waals surface area contributed by atoms with E-state index in [1.54, 1.807) is 0 Å². The van der Waals surface area contributed by atoms with Crippen molar-refractivity contribution in [3.05, 3.63) is 76.1 Å². The van der Waals surface area contributed by atoms with Gasteiger partial charge in [-0.2, -0.15) is 52.7 Å². The third kappa shape index (κ3) is 8.23. The first-order chi connectivity index (χ1) is 19.5. The third-order valence-electron chi connectivity index (χ3n) is 6.00. The summed E-state index contributed by atoms with van der Waals surface area (Å²) in [7, 11) is 0. The van der Waals surface area contributed by atoms with Crippen molar-refractivity contribution < 1.29 is 75.9 Å². The Balaban J connectivity index is 1.96. The van der Waals surface area contributed by atoms with Crippen LogP contribution in [0.25, 0.3) is 5.83 Å². The lowest BCUT2D eigenvalue weighted by molar-refractivity contribution is -0.214. The molecule has 0 bridgehead atoms. The second-order valence-electron chi connectivity index (χ2n) is 9.14. The highest BCUT2D eigenvalue weighted by molar-refractivity contribution is 6.00. The molecule has 2 atom stereocenters. The van der Waals surface area contributed by atoms with Crippen molar-refractivity contribution in [1.82, 2.24) is 5.06 Å². The Hall–Kier alpha value is -3.70. The summed E-state index contributed by atoms with van der Waals surface area (Å²) in [5.41, 5.74) is -7.67. The van der Waals surface area contributed by atoms with Crippen molar-refractivity contribution in [2.75, 3.05) is 13.2 Å². The van der Waals surface area contributed by atoms with E-state index in [0.717, 1.165) is 0 Å². The first kappa shape index (κ1) is 33.8. The number of hydrogen-bond acceptors (Lipinski definition) is 3. The molecule has 0 saturated carbocycles. The molecule has 43 heavy (non-hydrogen) atoms. The van der Waals surface area contributed by atoms with Gasteiger partial charge in [0.05, 0.1) is 23.7 Å². The maximum Gasteiger partial charge on any atom is 0.419 e. The van der Waals surface area contributed by atoms with Crippen molar-refractivity contribution >= 4 is 17.5 Å². The van der Waals surface area contributed by atoms with Crippen LogP contribution in [0.3, 0.4) is 0 Å². The van der Waals surface area contributed by atoms with Crippen LogP contribution in [0.5, 0.6) is 0 Å². The van der Waals surface area contributed by atoms with Crippen LogP contribution in [0.2, 0.25) is 0 Å². The monoisotopic (exact) mass is 643 g/mol. The van der Waals surface area contributed by atoms with Gasteiger partial charge in [-0.1, -0.05) is 18.2 Å². The number of carbonyl (C=O) groups is 2. The number of nitrogens with zero attached hydrogens (tertiary/aromatic N) is 1. The smallest absolute Gasteiger partial charge is 0.294 e. The molecule has 1 fully saturated rings. The molecule has 2 aromatic rings. The SMILES string of the molecule is O=C(C[C@@H]1CON(CC(F)(F)F)C1=O)c1ccc(/C(F)=C/C(c2ccc(F)c(C(F)(F)F)c2)C(F)(F)F)cc1C(F)(F)F. The number of benzene rings is 2. The van der Waals surface area contributed by atoms with Gasteiger partial charge in [0.1, 0.15) is 24.1 Å². The average Bonchev–Trinajstić information content (AvgIpc) is 3.17. The van der Waals surface area contributed by atoms with Crippen molar-refractivity contribution in [3.8, 4) is 0 Å². The van der Waals surface area contributed by atoms with Crippen LogP contribution in [0.15, 0.2) is 42.5 Å². The van der Waals surface area contributed by atoms with E-state index in [0.29, 0.717) is 12.1 Å². The fourth-order valence-corrected chi connectivity index (χ4v) is 4.03. The molecule has 1 saturated heterocycles. The van der Waals surface area contributed by atoms with Crippen molar-refractivity contribution in [3.63, 3.8) is 0 Å². The summed E-state index contributed by atoms with van der Waals surface area (Å²) in [5, 5.41) is -0.123. The molecule has 0 aromatic heterocycles. The maximum absolute atomic E-state index is 14.9. The van der Waals surface area contributed by atoms with E-state index in [1.807, 2.05) is 0 Å². The highest BCUT2D eigenvalue weighted by Crippen LogP contribution is 2.42. The van der Waals surface area contributed by atoms with Crippen LogP contribution in [-0.4, -0.2) is 42.3 Å². The largest absolute Gasteiger partial charge is 0.419 e. The molecule has 1 heterocycles. The fraction of sp³-hybridized carbons (Fsp3) is 0.360. The Morgan fingerprint density at radius 3 is 2.05 bits per heavy atom. The molecule has 0 radical (unpaired) electrons. The average molecular weight is 643 g/mol. The summed E-state index contributed by atoms with van der Waals surface area (Å²) in [6.07, 6.45) is -22.7. The predicted octanol–water partition coefficient (Wildman–Crippen LogP) is 8.04. The van der Waals surface area contributed by atoms with Gasteiger partial charge in [0, 0.05) is 17.5 Å². The molecule has 3 rings (SSSR count). The topological polar surface area (TPSA) is 46.6 Å². The van der Waals surface area contributed by atoms with Gasteiger partial charge in [0.15, 0.2) is 5.78 Å². The van der Waals surface area contributed by atoms with E-state index in [1.165, 1.54) is 0 Å². The molecule has 18 heteroatoms. The lowest BCUT2D eigenvalue weighted by atomic mass is 9.92. The summed E-state index contributed by atoms with van der Waals surface area (Å²) in [4.78, 5) is 29.2. The zero-order chi connectivity index (χ0) is 32.7. The molecule has 2 aromatic carbocycles. The van der Waals surface area contributed by atoms with E-state index in [-0.39, 0.29) is 35.4 Å². The number of carbonyl (C=O) groups excluding carboxylic acids is 2. The minimum atomic E-state index is -5.50. The lowest BCUT2D eigenvalue weighted by Crippen LogP contribution is -2.35. The number of Topliss-reactive ketones (excluding diaryl/α,β-unsaturated/α-hetero) is 1. The van der Waals surface area contributed by atoms with Crippen LogP contribution < -0.4 is 0 Å². The number of hydroxylamine groups is 2. The predicted molar refractivity (Wildman–Crippen MR) is 117 cm³/mol. The molecule has 1 aliphatic rings. The maximum atomic E-state index is 14.9. The Labute approximate surface area is 231 Å². The second kappa shape index (κ2) is 11.8. The number of allylic oxidation sites excluding steroid dienone is 1. The molecule has 0 spiro atoms. The Morgan fingerprint density at radius 1 is 0.907 bits per heavy atom. The van der Waals surface area contributed by atoms with E-state index < -0.39 is 107 Å². The van der Waals surface area contributed by atoms with Crippen molar-refractivity contribution in [2.24, 2.45) is 5.92 Å². The van der Waals surface area contributed by atoms with Crippen LogP contribution in [-0.2, 0) is 22.0 Å². The summed E-state index contributed by atoms with van der Waals surface area (Å²) < 4.78 is 187. The van der Waals surface area contributed by atoms with E-state index in [2.05, 4.69) is 4.84 Å². The van der Waals surface area contributed by atoms with E-state index in [4.69, 9.17) is 0 Å². The van der Waals surface area contributed by atoms with Gasteiger partial charge in [-0.05, 0) is 29.8 Å². The van der Waals surface area contributed by atoms with E-state index >= 15 is 0 Å². The number of alkyl halides is 12. The Bertz CT molecular complexity index is 1410. The number of amides is 1. The Morgan fingerprint density at radius 2 is 1.51 bits per heavy atom. The number of rotatable bonds is 7. The van der Waals surface area contributed by atoms with Crippen LogP contribution >= 0.6 is 0 Å². The summed E-state index contributed by atoms with van der Waals surface area (Å²) >= 11 is 0. The van der Waals surface area contributed by atoms with Crippen LogP contribution in [0.4, 0.5) is 61.5 Å². The van der Waals surface area contributed by atoms with Crippen molar-refractivity contribution in [1.29, 1.82) is 0 Å². The van der Waals surface area contributed by atoms with Gasteiger partial charge >= 0.3 is 24.7 Å². The number of halogens is 14. The molecule has 1 aliphatic heterocycles. The molecule has 0 N–H and O–H groups in total. The zero-order valence-electron chi connectivity index (χ0n) is 20.8. The molecule has 236 valence electrons. The van der Waals surface area contributed by atoms with Gasteiger partial charge < -0.3 is 0 Å². The van der Waals surface area contributed by atoms with Crippen LogP contribution in [0.1, 0.15) is 45.0 Å². The molecule has 1 unspecified atom stereocenters. The standard InChI is InChI=1S/C25H15F14NO3/c26-18-4-2-11(5-17(18)25(37,38)39)15(23(31,32)33)8-19(27)12-1-3-14(16(6-12)24(34,35)36)20(41)7-13-9-43-40(21(13)42)10-22(28,29)30/h1-6,8,13,15H,7,9-10H2/b19-8-/t13-,15?/m1/s1. The Kier molecular flexibility index (Phi) is 9.25. The highest BCUT2D eigenvalue weighted by atomic mass is 19.4. The third-order valence-corrected chi connectivity index (χ3v) is 6.00. The number of hydrogen-bond donors (Lipinski definition) is 0. The molecule has 4 nitrogen and oxygen atoms in total. The van der Waals surface area contributed by atoms with Gasteiger partial charge in [-0.3, -0.25) is 14.4 Å². The first-order valence-electron chi connectivity index (χ1n) is 11.6. The highest BCUT2D eigenvalue weighted by Gasteiger charge is 2.44. The van der Waals surface area contributed by atoms with Gasteiger partial charge in [0.2, 0.25) is 0 Å².